The fourth-order valence-electron chi connectivity index (χ4n) is 15.2. The van der Waals surface area contributed by atoms with Crippen molar-refractivity contribution in [3.63, 3.8) is 0 Å². The highest BCUT2D eigenvalue weighted by Crippen LogP contribution is 2.76. The van der Waals surface area contributed by atoms with Crippen LogP contribution in [-0.4, -0.2) is 67.8 Å². The number of nitrogens with zero attached hydrogens (tertiary/aromatic N) is 1. The van der Waals surface area contributed by atoms with Gasteiger partial charge in [-0.1, -0.05) is 65.0 Å². The van der Waals surface area contributed by atoms with E-state index in [9.17, 15) is 18.3 Å². The van der Waals surface area contributed by atoms with E-state index in [0.29, 0.717) is 53.5 Å². The largest absolute Gasteiger partial charge is 0.478 e. The maximum absolute atomic E-state index is 12.4. The Morgan fingerprint density at radius 2 is 1.68 bits per heavy atom. The van der Waals surface area contributed by atoms with Crippen molar-refractivity contribution < 1.29 is 18.3 Å². The number of aromatic carboxylic acids is 1. The molecule has 0 bridgehead atoms. The van der Waals surface area contributed by atoms with Crippen molar-refractivity contribution in [3.05, 3.63) is 53.6 Å². The van der Waals surface area contributed by atoms with E-state index >= 15 is 0 Å². The first-order chi connectivity index (χ1) is 24.9. The van der Waals surface area contributed by atoms with Crippen LogP contribution in [0, 0.1) is 63.1 Å². The summed E-state index contributed by atoms with van der Waals surface area (Å²) in [6.45, 7) is 23.1. The van der Waals surface area contributed by atoms with E-state index in [1.54, 1.807) is 16.4 Å². The van der Waals surface area contributed by atoms with Crippen molar-refractivity contribution in [3.8, 4) is 0 Å². The molecule has 3 N–H and O–H groups in total. The van der Waals surface area contributed by atoms with Crippen LogP contribution in [0.2, 0.25) is 0 Å². The molecule has 53 heavy (non-hydrogen) atoms. The highest BCUT2D eigenvalue weighted by atomic mass is 32.2. The summed E-state index contributed by atoms with van der Waals surface area (Å²) in [5.41, 5.74) is 5.22. The van der Waals surface area contributed by atoms with Gasteiger partial charge < -0.3 is 15.7 Å². The minimum Gasteiger partial charge on any atom is -0.478 e. The van der Waals surface area contributed by atoms with Crippen LogP contribution in [0.4, 0.5) is 0 Å². The Labute approximate surface area is 320 Å². The standard InChI is InChI=1S/C45H67N3O4S/c1-28(2)32-15-20-45(47-24-23-46-26-36-33-25-31(33)27-48(36)53(8,51)52)22-21-43(6)35(39(32)45)13-14-38-42(5)18-16-34(29-9-11-30(12-10-29)40(49)50)41(3,4)37(42)17-19-44(38,43)7/h9-12,16,31-33,35-39,46-47H,1,13-15,17-27H2,2-8H3,(H,49,50)/t31?,32-,33?,35+,36+,37-,38+,39+,42-,43+,44+,45-/m0/s1. The molecular weight excluding hydrogens is 679 g/mol. The predicted octanol–water partition coefficient (Wildman–Crippen LogP) is 8.25. The second kappa shape index (κ2) is 12.8. The number of hydrogen-bond acceptors (Lipinski definition) is 5. The van der Waals surface area contributed by atoms with Crippen LogP contribution in [0.5, 0.6) is 0 Å². The molecule has 1 saturated heterocycles. The fourth-order valence-corrected chi connectivity index (χ4v) is 16.3. The van der Waals surface area contributed by atoms with Gasteiger partial charge in [-0.3, -0.25) is 0 Å². The number of nitrogens with one attached hydrogen (secondary N) is 2. The Morgan fingerprint density at radius 3 is 2.36 bits per heavy atom. The zero-order valence-electron chi connectivity index (χ0n) is 33.6. The molecular formula is C45H67N3O4S. The Morgan fingerprint density at radius 1 is 0.943 bits per heavy atom. The number of rotatable bonds is 10. The van der Waals surface area contributed by atoms with Gasteiger partial charge in [0.1, 0.15) is 0 Å². The number of benzene rings is 1. The lowest BCUT2D eigenvalue weighted by atomic mass is 9.33. The molecule has 7 nitrogen and oxygen atoms in total. The Balaban J connectivity index is 1.00. The number of allylic oxidation sites excluding steroid dienone is 3. The minimum atomic E-state index is -3.16. The van der Waals surface area contributed by atoms with Gasteiger partial charge in [0.25, 0.3) is 0 Å². The minimum absolute atomic E-state index is 0.00814. The number of carbonyl (C=O) groups is 1. The summed E-state index contributed by atoms with van der Waals surface area (Å²) in [6.07, 6.45) is 16.3. The first-order valence-electron chi connectivity index (χ1n) is 21.0. The van der Waals surface area contributed by atoms with Crippen molar-refractivity contribution in [1.82, 2.24) is 14.9 Å². The molecule has 8 rings (SSSR count). The van der Waals surface area contributed by atoms with E-state index in [-0.39, 0.29) is 33.2 Å². The number of carboxylic acid groups (broad SMARTS) is 1. The van der Waals surface area contributed by atoms with Crippen LogP contribution in [0.1, 0.15) is 122 Å². The second-order valence-electron chi connectivity index (χ2n) is 20.5. The quantitative estimate of drug-likeness (QED) is 0.165. The molecule has 5 saturated carbocycles. The van der Waals surface area contributed by atoms with Gasteiger partial charge in [0.05, 0.1) is 11.8 Å². The lowest BCUT2D eigenvalue weighted by molar-refractivity contribution is -0.219. The highest BCUT2D eigenvalue weighted by molar-refractivity contribution is 7.88. The molecule has 6 aliphatic carbocycles. The smallest absolute Gasteiger partial charge is 0.335 e. The van der Waals surface area contributed by atoms with Gasteiger partial charge in [0, 0.05) is 37.8 Å². The molecule has 6 fully saturated rings. The molecule has 0 amide bonds. The maximum atomic E-state index is 12.4. The number of hydrogen-bond donors (Lipinski definition) is 3. The van der Waals surface area contributed by atoms with Crippen LogP contribution in [0.25, 0.3) is 5.57 Å². The third-order valence-electron chi connectivity index (χ3n) is 17.9. The van der Waals surface area contributed by atoms with Crippen molar-refractivity contribution >= 4 is 21.6 Å². The number of carboxylic acids is 1. The molecule has 1 heterocycles. The molecule has 1 aromatic carbocycles. The summed E-state index contributed by atoms with van der Waals surface area (Å²) >= 11 is 0. The first-order valence-corrected chi connectivity index (χ1v) is 22.8. The molecule has 12 atom stereocenters. The Bertz CT molecular complexity index is 1790. The molecule has 8 heteroatoms. The predicted molar refractivity (Wildman–Crippen MR) is 214 cm³/mol. The summed E-state index contributed by atoms with van der Waals surface area (Å²) in [5, 5.41) is 17.4. The Hall–Kier alpha value is -2.00. The van der Waals surface area contributed by atoms with Gasteiger partial charge in [0.15, 0.2) is 0 Å². The van der Waals surface area contributed by atoms with Crippen LogP contribution in [0.15, 0.2) is 42.5 Å². The summed E-state index contributed by atoms with van der Waals surface area (Å²) in [7, 11) is -3.16. The first kappa shape index (κ1) is 37.9. The maximum Gasteiger partial charge on any atom is 0.335 e. The third kappa shape index (κ3) is 5.71. The number of fused-ring (bicyclic) bond motifs is 8. The molecule has 0 radical (unpaired) electrons. The Kier molecular flexibility index (Phi) is 9.12. The van der Waals surface area contributed by atoms with Gasteiger partial charge in [-0.2, -0.15) is 4.31 Å². The van der Waals surface area contributed by atoms with Gasteiger partial charge in [-0.25, -0.2) is 13.2 Å². The summed E-state index contributed by atoms with van der Waals surface area (Å²) in [5.74, 6) is 3.34. The van der Waals surface area contributed by atoms with Crippen molar-refractivity contribution in [1.29, 1.82) is 0 Å². The monoisotopic (exact) mass is 745 g/mol. The molecule has 0 aromatic heterocycles. The molecule has 0 spiro atoms. The van der Waals surface area contributed by atoms with Gasteiger partial charge in [0.2, 0.25) is 10.0 Å². The van der Waals surface area contributed by atoms with Crippen molar-refractivity contribution in [2.24, 2.45) is 63.1 Å². The third-order valence-corrected chi connectivity index (χ3v) is 19.2. The van der Waals surface area contributed by atoms with Crippen LogP contribution in [-0.2, 0) is 10.0 Å². The van der Waals surface area contributed by atoms with Gasteiger partial charge >= 0.3 is 5.97 Å². The zero-order valence-corrected chi connectivity index (χ0v) is 34.5. The van der Waals surface area contributed by atoms with E-state index in [1.807, 2.05) is 12.1 Å². The normalized spacial score (nSPS) is 44.2. The van der Waals surface area contributed by atoms with Crippen LogP contribution < -0.4 is 10.6 Å². The topological polar surface area (TPSA) is 98.7 Å². The molecule has 2 unspecified atom stereocenters. The molecule has 1 aliphatic heterocycles. The van der Waals surface area contributed by atoms with Crippen LogP contribution >= 0.6 is 0 Å². The molecule has 292 valence electrons. The van der Waals surface area contributed by atoms with Gasteiger partial charge in [-0.05, 0) is 157 Å². The average molecular weight is 746 g/mol. The zero-order chi connectivity index (χ0) is 37.9. The fraction of sp³-hybridized carbons (Fsp3) is 0.756. The van der Waals surface area contributed by atoms with E-state index in [4.69, 9.17) is 0 Å². The summed E-state index contributed by atoms with van der Waals surface area (Å²) in [4.78, 5) is 11.6. The van der Waals surface area contributed by atoms with Gasteiger partial charge in [-0.15, -0.1) is 0 Å². The molecule has 1 aromatic rings. The summed E-state index contributed by atoms with van der Waals surface area (Å²) < 4.78 is 26.6. The average Bonchev–Trinajstić information content (AvgIpc) is 3.60. The van der Waals surface area contributed by atoms with E-state index in [0.717, 1.165) is 26.1 Å². The second-order valence-corrected chi connectivity index (χ2v) is 22.4. The van der Waals surface area contributed by atoms with Crippen molar-refractivity contribution in [2.45, 2.75) is 117 Å². The van der Waals surface area contributed by atoms with Crippen LogP contribution in [0.3, 0.4) is 0 Å². The van der Waals surface area contributed by atoms with Crippen molar-refractivity contribution in [2.75, 3.05) is 32.4 Å². The van der Waals surface area contributed by atoms with E-state index in [2.05, 4.69) is 64.8 Å². The van der Waals surface area contributed by atoms with E-state index < -0.39 is 16.0 Å². The van der Waals surface area contributed by atoms with E-state index in [1.165, 1.54) is 80.8 Å². The lowest BCUT2D eigenvalue weighted by Crippen LogP contribution is -2.68. The lowest BCUT2D eigenvalue weighted by Gasteiger charge is -2.72. The SMILES string of the molecule is C=C(C)[C@@H]1CC[C@]2(NCCNC[C@@H]3C4CC4CN3S(C)(=O)=O)CC[C@]3(C)[C@H](CC[C@@H]4[C@@]5(C)CC=C(c6ccc(C(=O)O)cc6)C(C)(C)[C@@H]5CC[C@]43C)[C@@H]12. The highest BCUT2D eigenvalue weighted by Gasteiger charge is 2.70. The molecule has 7 aliphatic rings. The number of sulfonamides is 1. The summed E-state index contributed by atoms with van der Waals surface area (Å²) in [6, 6.07) is 7.71. The number of piperidine rings is 1.